The molecule has 0 saturated heterocycles. The first kappa shape index (κ1) is 32.7. The van der Waals surface area contributed by atoms with E-state index in [1.165, 1.54) is 11.8 Å². The Balaban J connectivity index is 3.01. The second kappa shape index (κ2) is 17.2. The number of guanidine groups is 1. The van der Waals surface area contributed by atoms with Crippen LogP contribution < -0.4 is 33.2 Å². The Morgan fingerprint density at radius 1 is 0.947 bits per heavy atom. The van der Waals surface area contributed by atoms with Crippen LogP contribution in [-0.2, 0) is 25.6 Å². The quantitative estimate of drug-likeness (QED) is 0.0757. The van der Waals surface area contributed by atoms with Crippen molar-refractivity contribution in [2.75, 3.05) is 18.6 Å². The second-order valence-corrected chi connectivity index (χ2v) is 10.2. The van der Waals surface area contributed by atoms with Crippen molar-refractivity contribution in [3.8, 4) is 0 Å². The normalized spacial score (nSPS) is 14.0. The highest BCUT2D eigenvalue weighted by molar-refractivity contribution is 7.98. The van der Waals surface area contributed by atoms with Crippen LogP contribution in [0.3, 0.4) is 0 Å². The van der Waals surface area contributed by atoms with Gasteiger partial charge < -0.3 is 38.3 Å². The van der Waals surface area contributed by atoms with E-state index in [2.05, 4.69) is 20.9 Å². The van der Waals surface area contributed by atoms with E-state index in [1.807, 2.05) is 12.3 Å². The number of hydrogen-bond donors (Lipinski definition) is 7. The zero-order chi connectivity index (χ0) is 28.7. The minimum absolute atomic E-state index is 0.0472. The number of benzene rings is 1. The van der Waals surface area contributed by atoms with Crippen molar-refractivity contribution < 1.29 is 24.3 Å². The molecule has 0 aromatic heterocycles. The number of thioether (sulfide) groups is 1. The van der Waals surface area contributed by atoms with Gasteiger partial charge in [-0.15, -0.1) is 0 Å². The topological polar surface area (TPSA) is 215 Å². The van der Waals surface area contributed by atoms with Crippen LogP contribution in [0.25, 0.3) is 0 Å². The van der Waals surface area contributed by atoms with Gasteiger partial charge in [0.2, 0.25) is 17.7 Å². The molecule has 0 aliphatic carbocycles. The summed E-state index contributed by atoms with van der Waals surface area (Å²) in [7, 11) is 0. The Morgan fingerprint density at radius 2 is 1.55 bits per heavy atom. The number of carbonyl (C=O) groups excluding carboxylic acids is 3. The SMILES string of the molecule is CSCCC(NC(=O)C(N)CCCN=C(N)N)C(=O)NC(Cc1ccccc1)C(=O)NC(C(=O)O)C(C)C. The van der Waals surface area contributed by atoms with E-state index < -0.39 is 47.9 Å². The zero-order valence-corrected chi connectivity index (χ0v) is 23.0. The maximum absolute atomic E-state index is 13.3. The van der Waals surface area contributed by atoms with Gasteiger partial charge in [0.1, 0.15) is 18.1 Å². The average molecular weight is 552 g/mol. The van der Waals surface area contributed by atoms with Crippen LogP contribution in [-0.4, -0.2) is 77.5 Å². The van der Waals surface area contributed by atoms with Crippen LogP contribution >= 0.6 is 11.8 Å². The number of nitrogens with two attached hydrogens (primary N) is 3. The Labute approximate surface area is 227 Å². The predicted molar refractivity (Wildman–Crippen MR) is 149 cm³/mol. The van der Waals surface area contributed by atoms with Crippen molar-refractivity contribution in [3.05, 3.63) is 35.9 Å². The van der Waals surface area contributed by atoms with E-state index in [4.69, 9.17) is 17.2 Å². The van der Waals surface area contributed by atoms with Crippen molar-refractivity contribution in [1.82, 2.24) is 16.0 Å². The van der Waals surface area contributed by atoms with Gasteiger partial charge in [-0.25, -0.2) is 4.79 Å². The van der Waals surface area contributed by atoms with Gasteiger partial charge in [-0.2, -0.15) is 11.8 Å². The third kappa shape index (κ3) is 12.3. The molecule has 38 heavy (non-hydrogen) atoms. The Bertz CT molecular complexity index is 941. The number of hydrogen-bond acceptors (Lipinski definition) is 7. The zero-order valence-electron chi connectivity index (χ0n) is 22.2. The van der Waals surface area contributed by atoms with Crippen molar-refractivity contribution >= 4 is 41.4 Å². The van der Waals surface area contributed by atoms with Gasteiger partial charge in [-0.1, -0.05) is 44.2 Å². The molecule has 0 heterocycles. The van der Waals surface area contributed by atoms with E-state index >= 15 is 0 Å². The molecule has 4 unspecified atom stereocenters. The molecular formula is C25H41N7O5S. The summed E-state index contributed by atoms with van der Waals surface area (Å²) in [6.07, 6.45) is 3.10. The third-order valence-corrected chi connectivity index (χ3v) is 6.34. The van der Waals surface area contributed by atoms with E-state index in [1.54, 1.807) is 38.1 Å². The van der Waals surface area contributed by atoms with Crippen LogP contribution in [0.1, 0.15) is 38.7 Å². The largest absolute Gasteiger partial charge is 0.480 e. The summed E-state index contributed by atoms with van der Waals surface area (Å²) >= 11 is 1.50. The van der Waals surface area contributed by atoms with Gasteiger partial charge >= 0.3 is 5.97 Å². The monoisotopic (exact) mass is 551 g/mol. The van der Waals surface area contributed by atoms with Crippen LogP contribution in [0.5, 0.6) is 0 Å². The van der Waals surface area contributed by atoms with Crippen molar-refractivity contribution in [2.45, 2.75) is 63.7 Å². The number of nitrogens with one attached hydrogen (secondary N) is 3. The highest BCUT2D eigenvalue weighted by Gasteiger charge is 2.31. The number of aliphatic imine (C=N–C) groups is 1. The van der Waals surface area contributed by atoms with Crippen LogP contribution in [0, 0.1) is 5.92 Å². The summed E-state index contributed by atoms with van der Waals surface area (Å²) in [5.74, 6) is -2.71. The molecule has 0 aliphatic heterocycles. The second-order valence-electron chi connectivity index (χ2n) is 9.22. The third-order valence-electron chi connectivity index (χ3n) is 5.69. The first-order chi connectivity index (χ1) is 18.0. The molecule has 0 aliphatic rings. The molecule has 0 radical (unpaired) electrons. The fourth-order valence-electron chi connectivity index (χ4n) is 3.53. The molecule has 12 nitrogen and oxygen atoms in total. The molecule has 4 atom stereocenters. The Morgan fingerprint density at radius 3 is 2.11 bits per heavy atom. The summed E-state index contributed by atoms with van der Waals surface area (Å²) in [4.78, 5) is 54.6. The fraction of sp³-hybridized carbons (Fsp3) is 0.560. The predicted octanol–water partition coefficient (Wildman–Crippen LogP) is -0.442. The van der Waals surface area contributed by atoms with Gasteiger partial charge in [0, 0.05) is 13.0 Å². The lowest BCUT2D eigenvalue weighted by atomic mass is 10.0. The summed E-state index contributed by atoms with van der Waals surface area (Å²) in [6, 6.07) is 5.03. The maximum Gasteiger partial charge on any atom is 0.326 e. The standard InChI is InChI=1S/C25H41N7O5S/c1-15(2)20(24(36)37)32-23(35)19(14-16-8-5-4-6-9-16)31-22(34)18(11-13-38-3)30-21(33)17(26)10-7-12-29-25(27)28/h4-6,8-9,15,17-20H,7,10-14,26H2,1-3H3,(H,30,33)(H,31,34)(H,32,35)(H,36,37)(H4,27,28,29). The number of carboxylic acids is 1. The van der Waals surface area contributed by atoms with Gasteiger partial charge in [-0.05, 0) is 42.8 Å². The molecule has 1 aromatic carbocycles. The molecule has 212 valence electrons. The number of carbonyl (C=O) groups is 4. The molecule has 0 fully saturated rings. The molecule has 13 heteroatoms. The summed E-state index contributed by atoms with van der Waals surface area (Å²) in [5.41, 5.74) is 17.4. The van der Waals surface area contributed by atoms with Crippen molar-refractivity contribution in [1.29, 1.82) is 0 Å². The van der Waals surface area contributed by atoms with Gasteiger partial charge in [0.05, 0.1) is 6.04 Å². The summed E-state index contributed by atoms with van der Waals surface area (Å²) < 4.78 is 0. The van der Waals surface area contributed by atoms with Gasteiger partial charge in [0.15, 0.2) is 5.96 Å². The molecule has 3 amide bonds. The Kier molecular flexibility index (Phi) is 14.8. The first-order valence-electron chi connectivity index (χ1n) is 12.4. The van der Waals surface area contributed by atoms with Crippen LogP contribution in [0.2, 0.25) is 0 Å². The minimum atomic E-state index is -1.17. The van der Waals surface area contributed by atoms with E-state index in [0.29, 0.717) is 31.6 Å². The molecule has 1 rings (SSSR count). The number of aliphatic carboxylic acids is 1. The highest BCUT2D eigenvalue weighted by atomic mass is 32.2. The fourth-order valence-corrected chi connectivity index (χ4v) is 4.00. The maximum atomic E-state index is 13.3. The average Bonchev–Trinajstić information content (AvgIpc) is 2.86. The van der Waals surface area contributed by atoms with Crippen LogP contribution in [0.15, 0.2) is 35.3 Å². The highest BCUT2D eigenvalue weighted by Crippen LogP contribution is 2.09. The summed E-state index contributed by atoms with van der Waals surface area (Å²) in [5, 5.41) is 17.4. The number of amides is 3. The number of carboxylic acid groups (broad SMARTS) is 1. The lowest BCUT2D eigenvalue weighted by molar-refractivity contribution is -0.143. The van der Waals surface area contributed by atoms with E-state index in [9.17, 15) is 24.3 Å². The first-order valence-corrected chi connectivity index (χ1v) is 13.8. The molecule has 0 spiro atoms. The summed E-state index contributed by atoms with van der Waals surface area (Å²) in [6.45, 7) is 3.68. The Hall–Kier alpha value is -3.32. The van der Waals surface area contributed by atoms with Gasteiger partial charge in [0.25, 0.3) is 0 Å². The lowest BCUT2D eigenvalue weighted by Gasteiger charge is -2.26. The van der Waals surface area contributed by atoms with E-state index in [0.717, 1.165) is 5.56 Å². The lowest BCUT2D eigenvalue weighted by Crippen LogP contribution is -2.58. The molecule has 0 saturated carbocycles. The molecule has 1 aromatic rings. The number of nitrogens with zero attached hydrogens (tertiary/aromatic N) is 1. The smallest absolute Gasteiger partial charge is 0.326 e. The minimum Gasteiger partial charge on any atom is -0.480 e. The molecular weight excluding hydrogens is 510 g/mol. The number of rotatable bonds is 17. The molecule has 10 N–H and O–H groups in total. The van der Waals surface area contributed by atoms with Crippen molar-refractivity contribution in [3.63, 3.8) is 0 Å². The van der Waals surface area contributed by atoms with Gasteiger partial charge in [-0.3, -0.25) is 19.4 Å². The van der Waals surface area contributed by atoms with Crippen LogP contribution in [0.4, 0.5) is 0 Å². The van der Waals surface area contributed by atoms with Crippen molar-refractivity contribution in [2.24, 2.45) is 28.1 Å². The van der Waals surface area contributed by atoms with E-state index in [-0.39, 0.29) is 18.3 Å². The molecule has 0 bridgehead atoms.